The number of ether oxygens (including phenoxy) is 2. The zero-order valence-electron chi connectivity index (χ0n) is 11.6. The summed E-state index contributed by atoms with van der Waals surface area (Å²) in [4.78, 5) is 22.8. The second kappa shape index (κ2) is 5.77. The van der Waals surface area contributed by atoms with Crippen molar-refractivity contribution in [3.63, 3.8) is 0 Å². The SMILES string of the molecule is CCOC(=O)C(C)Oc1ccc2c(C)cc(=O)oc2c1. The Morgan fingerprint density at radius 2 is 2.10 bits per heavy atom. The summed E-state index contributed by atoms with van der Waals surface area (Å²) in [7, 11) is 0. The van der Waals surface area contributed by atoms with Crippen molar-refractivity contribution in [3.8, 4) is 5.75 Å². The van der Waals surface area contributed by atoms with Gasteiger partial charge in [0.2, 0.25) is 0 Å². The second-order valence-electron chi connectivity index (χ2n) is 4.42. The number of hydrogen-bond acceptors (Lipinski definition) is 5. The van der Waals surface area contributed by atoms with E-state index in [-0.39, 0.29) is 0 Å². The van der Waals surface area contributed by atoms with Gasteiger partial charge in [0, 0.05) is 17.5 Å². The molecule has 0 saturated carbocycles. The second-order valence-corrected chi connectivity index (χ2v) is 4.42. The van der Waals surface area contributed by atoms with Crippen LogP contribution in [0.5, 0.6) is 5.75 Å². The van der Waals surface area contributed by atoms with Gasteiger partial charge in [-0.15, -0.1) is 0 Å². The summed E-state index contributed by atoms with van der Waals surface area (Å²) < 4.78 is 15.5. The lowest BCUT2D eigenvalue weighted by Gasteiger charge is -2.13. The quantitative estimate of drug-likeness (QED) is 0.634. The van der Waals surface area contributed by atoms with Crippen LogP contribution in [0.1, 0.15) is 19.4 Å². The normalized spacial score (nSPS) is 12.2. The molecule has 0 amide bonds. The number of carbonyl (C=O) groups is 1. The van der Waals surface area contributed by atoms with Crippen LogP contribution in [0.15, 0.2) is 33.5 Å². The molecule has 2 aromatic rings. The number of esters is 1. The van der Waals surface area contributed by atoms with E-state index in [0.717, 1.165) is 10.9 Å². The van der Waals surface area contributed by atoms with Crippen molar-refractivity contribution in [1.82, 2.24) is 0 Å². The molecule has 1 unspecified atom stereocenters. The summed E-state index contributed by atoms with van der Waals surface area (Å²) in [5.74, 6) is 0.0186. The summed E-state index contributed by atoms with van der Waals surface area (Å²) in [6, 6.07) is 6.55. The van der Waals surface area contributed by atoms with Crippen LogP contribution >= 0.6 is 0 Å². The number of hydrogen-bond donors (Lipinski definition) is 0. The first-order valence-corrected chi connectivity index (χ1v) is 6.39. The molecule has 1 heterocycles. The van der Waals surface area contributed by atoms with E-state index >= 15 is 0 Å². The third-order valence-corrected chi connectivity index (χ3v) is 2.85. The molecule has 20 heavy (non-hydrogen) atoms. The van der Waals surface area contributed by atoms with Crippen LogP contribution in [-0.2, 0) is 9.53 Å². The predicted octanol–water partition coefficient (Wildman–Crippen LogP) is 2.43. The molecule has 5 nitrogen and oxygen atoms in total. The summed E-state index contributed by atoms with van der Waals surface area (Å²) in [6.07, 6.45) is -0.719. The smallest absolute Gasteiger partial charge is 0.347 e. The Hall–Kier alpha value is -2.30. The molecule has 5 heteroatoms. The summed E-state index contributed by atoms with van der Waals surface area (Å²) >= 11 is 0. The van der Waals surface area contributed by atoms with E-state index in [1.165, 1.54) is 6.07 Å². The molecule has 0 N–H and O–H groups in total. The number of carbonyl (C=O) groups excluding carboxylic acids is 1. The van der Waals surface area contributed by atoms with Crippen LogP contribution in [0.3, 0.4) is 0 Å². The van der Waals surface area contributed by atoms with Gasteiger partial charge < -0.3 is 13.9 Å². The highest BCUT2D eigenvalue weighted by molar-refractivity contribution is 5.81. The number of rotatable bonds is 4. The van der Waals surface area contributed by atoms with Crippen LogP contribution in [0.4, 0.5) is 0 Å². The highest BCUT2D eigenvalue weighted by Crippen LogP contribution is 2.23. The van der Waals surface area contributed by atoms with E-state index in [9.17, 15) is 9.59 Å². The van der Waals surface area contributed by atoms with Gasteiger partial charge in [-0.3, -0.25) is 0 Å². The van der Waals surface area contributed by atoms with Gasteiger partial charge in [0.15, 0.2) is 6.10 Å². The largest absolute Gasteiger partial charge is 0.479 e. The van der Waals surface area contributed by atoms with Crippen LogP contribution < -0.4 is 10.4 Å². The average molecular weight is 276 g/mol. The molecule has 1 aromatic heterocycles. The fraction of sp³-hybridized carbons (Fsp3) is 0.333. The maximum absolute atomic E-state index is 11.5. The lowest BCUT2D eigenvalue weighted by molar-refractivity contribution is -0.150. The molecule has 1 atom stereocenters. The van der Waals surface area contributed by atoms with Gasteiger partial charge in [0.25, 0.3) is 0 Å². The van der Waals surface area contributed by atoms with Gasteiger partial charge in [-0.1, -0.05) is 0 Å². The summed E-state index contributed by atoms with van der Waals surface area (Å²) in [5, 5.41) is 0.834. The molecule has 106 valence electrons. The maximum Gasteiger partial charge on any atom is 0.347 e. The van der Waals surface area contributed by atoms with Crippen molar-refractivity contribution in [2.24, 2.45) is 0 Å². The Kier molecular flexibility index (Phi) is 4.08. The Bertz CT molecular complexity index is 686. The monoisotopic (exact) mass is 276 g/mol. The molecule has 0 aliphatic rings. The number of aryl methyl sites for hydroxylation is 1. The third-order valence-electron chi connectivity index (χ3n) is 2.85. The van der Waals surface area contributed by atoms with E-state index < -0.39 is 17.7 Å². The van der Waals surface area contributed by atoms with Crippen molar-refractivity contribution in [1.29, 1.82) is 0 Å². The molecule has 2 rings (SSSR count). The first kappa shape index (κ1) is 14.1. The lowest BCUT2D eigenvalue weighted by Crippen LogP contribution is -2.26. The molecule has 0 bridgehead atoms. The maximum atomic E-state index is 11.5. The van der Waals surface area contributed by atoms with Gasteiger partial charge in [0.05, 0.1) is 6.61 Å². The average Bonchev–Trinajstić information content (AvgIpc) is 2.38. The number of fused-ring (bicyclic) bond motifs is 1. The van der Waals surface area contributed by atoms with Crippen molar-refractivity contribution in [3.05, 3.63) is 40.2 Å². The Morgan fingerprint density at radius 1 is 1.35 bits per heavy atom. The highest BCUT2D eigenvalue weighted by atomic mass is 16.6. The summed E-state index contributed by atoms with van der Waals surface area (Å²) in [5.41, 5.74) is 0.857. The molecule has 0 fully saturated rings. The third kappa shape index (κ3) is 2.99. The Labute approximate surface area is 116 Å². The van der Waals surface area contributed by atoms with Crippen molar-refractivity contribution >= 4 is 16.9 Å². The van der Waals surface area contributed by atoms with Gasteiger partial charge in [0.1, 0.15) is 11.3 Å². The van der Waals surface area contributed by atoms with Gasteiger partial charge >= 0.3 is 11.6 Å². The first-order chi connectivity index (χ1) is 9.51. The minimum absolute atomic E-state index is 0.304. The zero-order chi connectivity index (χ0) is 14.7. The molecule has 0 spiro atoms. The molecule has 0 aliphatic carbocycles. The van der Waals surface area contributed by atoms with Crippen LogP contribution in [0.2, 0.25) is 0 Å². The molecule has 0 saturated heterocycles. The van der Waals surface area contributed by atoms with Gasteiger partial charge in [-0.25, -0.2) is 9.59 Å². The molecule has 0 radical (unpaired) electrons. The van der Waals surface area contributed by atoms with Crippen molar-refractivity contribution in [2.75, 3.05) is 6.61 Å². The lowest BCUT2D eigenvalue weighted by atomic mass is 10.1. The fourth-order valence-electron chi connectivity index (χ4n) is 1.89. The topological polar surface area (TPSA) is 65.7 Å². The Balaban J connectivity index is 2.28. The number of benzene rings is 1. The molecule has 1 aromatic carbocycles. The van der Waals surface area contributed by atoms with E-state index in [0.29, 0.717) is 17.9 Å². The van der Waals surface area contributed by atoms with Gasteiger partial charge in [-0.2, -0.15) is 0 Å². The fourth-order valence-corrected chi connectivity index (χ4v) is 1.89. The zero-order valence-corrected chi connectivity index (χ0v) is 11.6. The Morgan fingerprint density at radius 3 is 2.80 bits per heavy atom. The molecule has 0 aliphatic heterocycles. The van der Waals surface area contributed by atoms with Crippen LogP contribution in [0.25, 0.3) is 11.0 Å². The first-order valence-electron chi connectivity index (χ1n) is 6.39. The van der Waals surface area contributed by atoms with Crippen LogP contribution in [0, 0.1) is 6.92 Å². The van der Waals surface area contributed by atoms with Crippen molar-refractivity contribution < 1.29 is 18.7 Å². The minimum atomic E-state index is -0.719. The molecular formula is C15H16O5. The van der Waals surface area contributed by atoms with E-state index in [4.69, 9.17) is 13.9 Å². The van der Waals surface area contributed by atoms with E-state index in [1.54, 1.807) is 32.0 Å². The summed E-state index contributed by atoms with van der Waals surface area (Å²) in [6.45, 7) is 5.48. The van der Waals surface area contributed by atoms with E-state index in [2.05, 4.69) is 0 Å². The van der Waals surface area contributed by atoms with Gasteiger partial charge in [-0.05, 0) is 38.5 Å². The van der Waals surface area contributed by atoms with Crippen molar-refractivity contribution in [2.45, 2.75) is 26.9 Å². The minimum Gasteiger partial charge on any atom is -0.479 e. The van der Waals surface area contributed by atoms with E-state index in [1.807, 2.05) is 6.92 Å². The highest BCUT2D eigenvalue weighted by Gasteiger charge is 2.16. The predicted molar refractivity (Wildman–Crippen MR) is 73.9 cm³/mol. The molecular weight excluding hydrogens is 260 g/mol. The van der Waals surface area contributed by atoms with Crippen LogP contribution in [-0.4, -0.2) is 18.7 Å². The standard InChI is InChI=1S/C15H16O5/c1-4-18-15(17)10(3)19-11-5-6-12-9(2)7-14(16)20-13(12)8-11/h5-8,10H,4H2,1-3H3.